The Bertz CT molecular complexity index is 1700. The molecule has 0 aliphatic carbocycles. The summed E-state index contributed by atoms with van der Waals surface area (Å²) < 4.78 is 34.3. The lowest BCUT2D eigenvalue weighted by molar-refractivity contribution is -0.903. The normalized spacial score (nSPS) is 14.4. The van der Waals surface area contributed by atoms with Crippen molar-refractivity contribution in [3.8, 4) is 0 Å². The number of hydrogen-bond acceptors (Lipinski definition) is 14. The highest BCUT2D eigenvalue weighted by Crippen LogP contribution is 2.20. The smallest absolute Gasteiger partial charge is 0.362 e. The van der Waals surface area contributed by atoms with Gasteiger partial charge in [-0.05, 0) is 116 Å². The number of ether oxygens (including phenoxy) is 6. The van der Waals surface area contributed by atoms with Gasteiger partial charge in [0.05, 0.1) is 52.6 Å². The fourth-order valence-corrected chi connectivity index (χ4v) is 11.4. The SMILES string of the molecule is CCCCCCC[N+](C)(CCOC(C)=O)CC(=O)OC(CCCCC)C(O)C/C=C\CCCCCCCC(=O)OCCCCCCCCCCOC(=O)CCCCCCC/C=C\CC(O)C(CCCCC)OC(=O)C[N+](C)(CCCCCCC)CCOC(C)=O. The van der Waals surface area contributed by atoms with Crippen molar-refractivity contribution in [2.45, 2.75) is 336 Å². The van der Waals surface area contributed by atoms with Crippen molar-refractivity contribution in [1.29, 1.82) is 0 Å². The largest absolute Gasteiger partial charge is 0.466 e. The molecule has 0 bridgehead atoms. The van der Waals surface area contributed by atoms with Crippen LogP contribution in [-0.2, 0) is 57.2 Å². The van der Waals surface area contributed by atoms with E-state index in [1.165, 1.54) is 52.4 Å². The van der Waals surface area contributed by atoms with Gasteiger partial charge in [-0.1, -0.05) is 193 Å². The van der Waals surface area contributed by atoms with E-state index >= 15 is 0 Å². The van der Waals surface area contributed by atoms with E-state index < -0.39 is 24.4 Å². The summed E-state index contributed by atoms with van der Waals surface area (Å²) in [6.45, 7) is 16.0. The number of rotatable bonds is 65. The van der Waals surface area contributed by atoms with Crippen LogP contribution in [0.15, 0.2) is 24.3 Å². The molecule has 0 amide bonds. The number of quaternary nitrogens is 2. The third kappa shape index (κ3) is 54.7. The van der Waals surface area contributed by atoms with Crippen molar-refractivity contribution in [3.05, 3.63) is 24.3 Å². The summed E-state index contributed by atoms with van der Waals surface area (Å²) in [4.78, 5) is 74.1. The second kappa shape index (κ2) is 60.1. The highest BCUT2D eigenvalue weighted by atomic mass is 16.6. The van der Waals surface area contributed by atoms with E-state index in [1.54, 1.807) is 0 Å². The van der Waals surface area contributed by atoms with Gasteiger partial charge in [0, 0.05) is 26.7 Å². The Kier molecular flexibility index (Phi) is 57.5. The third-order valence-electron chi connectivity index (χ3n) is 17.3. The topological polar surface area (TPSA) is 198 Å². The van der Waals surface area contributed by atoms with Crippen LogP contribution in [0.3, 0.4) is 0 Å². The first-order valence-electron chi connectivity index (χ1n) is 36.7. The lowest BCUT2D eigenvalue weighted by atomic mass is 10.0. The van der Waals surface area contributed by atoms with Crippen molar-refractivity contribution in [2.24, 2.45) is 0 Å². The number of carbonyl (C=O) groups excluding carboxylic acids is 6. The molecule has 0 saturated carbocycles. The molecule has 6 unspecified atom stereocenters. The maximum Gasteiger partial charge on any atom is 0.362 e. The van der Waals surface area contributed by atoms with Gasteiger partial charge in [-0.25, -0.2) is 9.59 Å². The first-order chi connectivity index (χ1) is 43.4. The molecule has 2 N–H and O–H groups in total. The zero-order valence-corrected chi connectivity index (χ0v) is 59.1. The van der Waals surface area contributed by atoms with Crippen molar-refractivity contribution in [2.75, 3.05) is 79.8 Å². The Balaban J connectivity index is 4.14. The van der Waals surface area contributed by atoms with E-state index in [1.807, 2.05) is 26.2 Å². The second-order valence-electron chi connectivity index (χ2n) is 26.4. The van der Waals surface area contributed by atoms with Gasteiger partial charge < -0.3 is 47.6 Å². The van der Waals surface area contributed by atoms with Crippen molar-refractivity contribution < 1.29 is 76.4 Å². The number of hydrogen-bond donors (Lipinski definition) is 2. The molecule has 90 heavy (non-hydrogen) atoms. The third-order valence-corrected chi connectivity index (χ3v) is 17.3. The van der Waals surface area contributed by atoms with Crippen LogP contribution in [0, 0.1) is 0 Å². The number of esters is 6. The monoisotopic (exact) mass is 1280 g/mol. The van der Waals surface area contributed by atoms with Gasteiger partial charge in [0.1, 0.15) is 38.5 Å². The molecule has 0 aromatic rings. The van der Waals surface area contributed by atoms with E-state index in [-0.39, 0.29) is 62.1 Å². The average Bonchev–Trinajstić information content (AvgIpc) is 2.66. The van der Waals surface area contributed by atoms with Gasteiger partial charge in [-0.3, -0.25) is 19.2 Å². The molecule has 6 atom stereocenters. The molecule has 0 rings (SSSR count). The summed E-state index contributed by atoms with van der Waals surface area (Å²) >= 11 is 0. The summed E-state index contributed by atoms with van der Waals surface area (Å²) in [6, 6.07) is 0. The standard InChI is InChI=1S/C74H138N2O14/c1-9-13-17-35-45-55-75(7,57-61-85-65(5)77)63-73(83)89-69(51-39-15-11-3)67(79)49-41-31-25-19-21-27-33-43-53-71(81)87-59-47-37-29-23-24-30-38-48-60-88-72(82)54-44-34-28-22-20-26-32-42-50-68(80)70(52-40-16-12-4)90-74(84)64-76(8,58-62-86-66(6)78)56-46-36-18-14-10-2/h31-32,41-42,67-70,79-80H,9-30,33-40,43-64H2,1-8H3/q+2/b41-31-,42-32-. The first-order valence-corrected chi connectivity index (χ1v) is 36.7. The number of unbranched alkanes of at least 4 members (excludes halogenated alkanes) is 29. The van der Waals surface area contributed by atoms with Gasteiger partial charge in [0.2, 0.25) is 0 Å². The van der Waals surface area contributed by atoms with Crippen molar-refractivity contribution >= 4 is 35.8 Å². The number of allylic oxidation sites excluding steroid dienone is 2. The average molecular weight is 1280 g/mol. The molecule has 0 aromatic heterocycles. The first kappa shape index (κ1) is 86.1. The van der Waals surface area contributed by atoms with Gasteiger partial charge >= 0.3 is 35.8 Å². The van der Waals surface area contributed by atoms with Crippen LogP contribution in [0.5, 0.6) is 0 Å². The molecule has 0 aliphatic heterocycles. The lowest BCUT2D eigenvalue weighted by Gasteiger charge is -2.34. The molecule has 16 nitrogen and oxygen atoms in total. The van der Waals surface area contributed by atoms with E-state index in [0.29, 0.717) is 73.8 Å². The molecule has 0 aromatic carbocycles. The lowest BCUT2D eigenvalue weighted by Crippen LogP contribution is -2.51. The fraction of sp³-hybridized carbons (Fsp3) is 0.865. The van der Waals surface area contributed by atoms with E-state index in [0.717, 1.165) is 206 Å². The van der Waals surface area contributed by atoms with Gasteiger partial charge in [0.25, 0.3) is 0 Å². The minimum absolute atomic E-state index is 0.105. The Hall–Kier alpha value is -3.86. The predicted molar refractivity (Wildman–Crippen MR) is 363 cm³/mol. The molecule has 526 valence electrons. The second-order valence-corrected chi connectivity index (χ2v) is 26.4. The molecule has 16 heteroatoms. The summed E-state index contributed by atoms with van der Waals surface area (Å²) in [5.41, 5.74) is 0. The van der Waals surface area contributed by atoms with Crippen LogP contribution in [0.1, 0.15) is 311 Å². The number of carbonyl (C=O) groups is 6. The summed E-state index contributed by atoms with van der Waals surface area (Å²) in [7, 11) is 4.05. The molecular formula is C74H138N2O14+2. The van der Waals surface area contributed by atoms with Crippen LogP contribution in [0.4, 0.5) is 0 Å². The molecular weight excluding hydrogens is 1140 g/mol. The van der Waals surface area contributed by atoms with E-state index in [2.05, 4.69) is 39.8 Å². The van der Waals surface area contributed by atoms with Crippen LogP contribution in [-0.4, -0.2) is 159 Å². The number of aliphatic hydroxyl groups excluding tert-OH is 2. The minimum atomic E-state index is -0.769. The van der Waals surface area contributed by atoms with Crippen molar-refractivity contribution in [3.63, 3.8) is 0 Å². The Morgan fingerprint density at radius 2 is 0.656 bits per heavy atom. The maximum atomic E-state index is 13.3. The number of aliphatic hydroxyl groups is 2. The highest BCUT2D eigenvalue weighted by molar-refractivity contribution is 5.71. The zero-order valence-electron chi connectivity index (χ0n) is 59.1. The molecule has 0 heterocycles. The van der Waals surface area contributed by atoms with E-state index in [9.17, 15) is 39.0 Å². The van der Waals surface area contributed by atoms with Crippen LogP contribution in [0.25, 0.3) is 0 Å². The fourth-order valence-electron chi connectivity index (χ4n) is 11.4. The molecule has 0 saturated heterocycles. The molecule has 0 fully saturated rings. The predicted octanol–water partition coefficient (Wildman–Crippen LogP) is 16.2. The van der Waals surface area contributed by atoms with Crippen LogP contribution in [0.2, 0.25) is 0 Å². The molecule has 0 aliphatic rings. The molecule has 0 radical (unpaired) electrons. The maximum absolute atomic E-state index is 13.3. The van der Waals surface area contributed by atoms with Gasteiger partial charge in [0.15, 0.2) is 13.1 Å². The minimum Gasteiger partial charge on any atom is -0.466 e. The Morgan fingerprint density at radius 1 is 0.344 bits per heavy atom. The van der Waals surface area contributed by atoms with Crippen molar-refractivity contribution in [1.82, 2.24) is 0 Å². The Morgan fingerprint density at radius 3 is 1.01 bits per heavy atom. The summed E-state index contributed by atoms with van der Waals surface area (Å²) in [5.74, 6) is -1.49. The van der Waals surface area contributed by atoms with Crippen LogP contribution >= 0.6 is 0 Å². The number of nitrogens with zero attached hydrogens (tertiary/aromatic N) is 2. The summed E-state index contributed by atoms with van der Waals surface area (Å²) in [6.07, 6.45) is 46.1. The van der Waals surface area contributed by atoms with Gasteiger partial charge in [-0.15, -0.1) is 0 Å². The van der Waals surface area contributed by atoms with Crippen LogP contribution < -0.4 is 0 Å². The zero-order chi connectivity index (χ0) is 66.6. The Labute approximate surface area is 549 Å². The summed E-state index contributed by atoms with van der Waals surface area (Å²) in [5, 5.41) is 22.3. The number of likely N-dealkylation sites (N-methyl/N-ethyl adjacent to an activating group) is 2. The van der Waals surface area contributed by atoms with Gasteiger partial charge in [-0.2, -0.15) is 0 Å². The molecule has 0 spiro atoms. The quantitative estimate of drug-likeness (QED) is 0.0192. The van der Waals surface area contributed by atoms with E-state index in [4.69, 9.17) is 28.4 Å². The highest BCUT2D eigenvalue weighted by Gasteiger charge is 2.32.